The van der Waals surface area contributed by atoms with Crippen LogP contribution in [0.1, 0.15) is 40.0 Å². The number of aromatic nitrogens is 1. The Morgan fingerprint density at radius 1 is 1.24 bits per heavy atom. The number of ether oxygens (including phenoxy) is 1. The maximum absolute atomic E-state index is 11.5. The average Bonchev–Trinajstić information content (AvgIpc) is 2.79. The average molecular weight is 336 g/mol. The van der Waals surface area contributed by atoms with Crippen molar-refractivity contribution in [2.75, 3.05) is 20.1 Å². The fourth-order valence-corrected chi connectivity index (χ4v) is 3.54. The molecule has 2 aliphatic rings. The number of carboxylic acid groups (broad SMARTS) is 1. The Morgan fingerprint density at radius 3 is 2.80 bits per heavy atom. The Hall–Kier alpha value is -2.66. The van der Waals surface area contributed by atoms with Crippen LogP contribution in [0.4, 0.5) is 0 Å². The quantitative estimate of drug-likeness (QED) is 0.866. The van der Waals surface area contributed by atoms with E-state index >= 15 is 0 Å². The third kappa shape index (κ3) is 2.91. The van der Waals surface area contributed by atoms with Crippen LogP contribution in [-0.2, 0) is 6.61 Å². The number of hydrogen-bond donors (Lipinski definition) is 1. The Balaban J connectivity index is 1.95. The van der Waals surface area contributed by atoms with E-state index in [9.17, 15) is 9.90 Å². The first-order valence-electron chi connectivity index (χ1n) is 8.49. The molecule has 0 unspecified atom stereocenters. The number of likely N-dealkylation sites (tertiary alicyclic amines) is 1. The second-order valence-corrected chi connectivity index (χ2v) is 6.60. The minimum atomic E-state index is -0.930. The Labute approximate surface area is 146 Å². The van der Waals surface area contributed by atoms with Gasteiger partial charge >= 0.3 is 5.97 Å². The molecule has 4 rings (SSSR count). The van der Waals surface area contributed by atoms with Crippen molar-refractivity contribution in [1.29, 1.82) is 0 Å². The molecule has 3 heterocycles. The number of rotatable bonds is 1. The van der Waals surface area contributed by atoms with E-state index in [0.29, 0.717) is 6.61 Å². The summed E-state index contributed by atoms with van der Waals surface area (Å²) in [5.74, 6) is -0.203. The molecule has 1 N–H and O–H groups in total. The minimum Gasteiger partial charge on any atom is -0.488 e. The zero-order valence-electron chi connectivity index (χ0n) is 14.2. The number of aromatic carboxylic acids is 1. The lowest BCUT2D eigenvalue weighted by Gasteiger charge is -2.26. The first-order chi connectivity index (χ1) is 12.1. The highest BCUT2D eigenvalue weighted by Gasteiger charge is 2.26. The van der Waals surface area contributed by atoms with Crippen LogP contribution in [0.25, 0.3) is 5.57 Å². The molecule has 128 valence electrons. The van der Waals surface area contributed by atoms with Crippen LogP contribution in [0.15, 0.2) is 42.1 Å². The lowest BCUT2D eigenvalue weighted by Crippen LogP contribution is -2.27. The number of carboxylic acids is 1. The number of benzene rings is 1. The summed E-state index contributed by atoms with van der Waals surface area (Å²) >= 11 is 0. The zero-order chi connectivity index (χ0) is 17.4. The van der Waals surface area contributed by atoms with E-state index in [1.807, 2.05) is 12.1 Å². The predicted octanol–water partition coefficient (Wildman–Crippen LogP) is 3.20. The third-order valence-corrected chi connectivity index (χ3v) is 4.95. The number of hydrogen-bond acceptors (Lipinski definition) is 4. The molecule has 0 spiro atoms. The topological polar surface area (TPSA) is 62.7 Å². The molecule has 0 saturated carbocycles. The molecule has 0 aliphatic carbocycles. The van der Waals surface area contributed by atoms with E-state index in [2.05, 4.69) is 16.9 Å². The molecule has 1 aromatic carbocycles. The zero-order valence-corrected chi connectivity index (χ0v) is 14.2. The molecule has 5 nitrogen and oxygen atoms in total. The number of piperidine rings is 1. The minimum absolute atomic E-state index is 0.271. The van der Waals surface area contributed by atoms with E-state index in [1.54, 1.807) is 24.4 Å². The monoisotopic (exact) mass is 336 g/mol. The van der Waals surface area contributed by atoms with Crippen LogP contribution in [0.2, 0.25) is 0 Å². The van der Waals surface area contributed by atoms with Gasteiger partial charge in [0.15, 0.2) is 0 Å². The maximum Gasteiger partial charge on any atom is 0.335 e. The predicted molar refractivity (Wildman–Crippen MR) is 94.7 cm³/mol. The fourth-order valence-electron chi connectivity index (χ4n) is 3.54. The lowest BCUT2D eigenvalue weighted by molar-refractivity contribution is 0.0697. The van der Waals surface area contributed by atoms with E-state index in [4.69, 9.17) is 4.74 Å². The summed E-state index contributed by atoms with van der Waals surface area (Å²) < 4.78 is 5.97. The van der Waals surface area contributed by atoms with Crippen molar-refractivity contribution in [2.45, 2.75) is 19.4 Å². The molecule has 2 aromatic rings. The Bertz CT molecular complexity index is 863. The molecular formula is C20H20N2O3. The third-order valence-electron chi connectivity index (χ3n) is 4.95. The lowest BCUT2D eigenvalue weighted by atomic mass is 9.88. The van der Waals surface area contributed by atoms with Crippen LogP contribution in [0.3, 0.4) is 0 Å². The molecule has 5 heteroatoms. The van der Waals surface area contributed by atoms with Gasteiger partial charge in [-0.25, -0.2) is 4.79 Å². The van der Waals surface area contributed by atoms with Gasteiger partial charge < -0.3 is 14.7 Å². The van der Waals surface area contributed by atoms with Crippen LogP contribution in [-0.4, -0.2) is 41.1 Å². The van der Waals surface area contributed by atoms with Crippen molar-refractivity contribution < 1.29 is 14.6 Å². The van der Waals surface area contributed by atoms with Gasteiger partial charge in [0, 0.05) is 36.0 Å². The van der Waals surface area contributed by atoms with Crippen molar-refractivity contribution in [3.63, 3.8) is 0 Å². The molecule has 1 aromatic heterocycles. The number of fused-ring (bicyclic) bond motifs is 2. The van der Waals surface area contributed by atoms with Gasteiger partial charge in [0.2, 0.25) is 0 Å². The van der Waals surface area contributed by atoms with Gasteiger partial charge in [-0.2, -0.15) is 0 Å². The van der Waals surface area contributed by atoms with Crippen LogP contribution >= 0.6 is 0 Å². The summed E-state index contributed by atoms with van der Waals surface area (Å²) in [6.45, 7) is 2.44. The van der Waals surface area contributed by atoms with Gasteiger partial charge in [0.1, 0.15) is 12.4 Å². The summed E-state index contributed by atoms with van der Waals surface area (Å²) in [4.78, 5) is 18.4. The van der Waals surface area contributed by atoms with Crippen molar-refractivity contribution in [2.24, 2.45) is 0 Å². The summed E-state index contributed by atoms with van der Waals surface area (Å²) in [6, 6.07) is 9.03. The second-order valence-electron chi connectivity index (χ2n) is 6.60. The summed E-state index contributed by atoms with van der Waals surface area (Å²) in [6.07, 6.45) is 3.71. The highest BCUT2D eigenvalue weighted by atomic mass is 16.5. The van der Waals surface area contributed by atoms with E-state index < -0.39 is 5.97 Å². The summed E-state index contributed by atoms with van der Waals surface area (Å²) in [7, 11) is 2.13. The molecule has 1 saturated heterocycles. The molecule has 25 heavy (non-hydrogen) atoms. The summed E-state index contributed by atoms with van der Waals surface area (Å²) in [5.41, 5.74) is 5.46. The van der Waals surface area contributed by atoms with Gasteiger partial charge in [-0.3, -0.25) is 4.98 Å². The van der Waals surface area contributed by atoms with Crippen LogP contribution in [0, 0.1) is 0 Å². The van der Waals surface area contributed by atoms with E-state index in [0.717, 1.165) is 54.1 Å². The van der Waals surface area contributed by atoms with Crippen LogP contribution in [0.5, 0.6) is 5.75 Å². The van der Waals surface area contributed by atoms with Crippen molar-refractivity contribution in [3.8, 4) is 5.75 Å². The maximum atomic E-state index is 11.5. The highest BCUT2D eigenvalue weighted by Crippen LogP contribution is 2.40. The van der Waals surface area contributed by atoms with E-state index in [-0.39, 0.29) is 5.56 Å². The SMILES string of the molecule is CN1CCC(=C2c3cc(C(=O)O)ccc3OCc3cccnc32)CC1. The summed E-state index contributed by atoms with van der Waals surface area (Å²) in [5, 5.41) is 9.40. The van der Waals surface area contributed by atoms with Crippen molar-refractivity contribution >= 4 is 11.5 Å². The van der Waals surface area contributed by atoms with Gasteiger partial charge in [-0.15, -0.1) is 0 Å². The largest absolute Gasteiger partial charge is 0.488 e. The smallest absolute Gasteiger partial charge is 0.335 e. The highest BCUT2D eigenvalue weighted by molar-refractivity contribution is 5.92. The second kappa shape index (κ2) is 6.33. The first kappa shape index (κ1) is 15.8. The normalized spacial score (nSPS) is 17.3. The van der Waals surface area contributed by atoms with Gasteiger partial charge in [-0.1, -0.05) is 11.6 Å². The number of nitrogens with zero attached hydrogens (tertiary/aromatic N) is 2. The molecule has 2 aliphatic heterocycles. The van der Waals surface area contributed by atoms with Crippen molar-refractivity contribution in [1.82, 2.24) is 9.88 Å². The Kier molecular flexibility index (Phi) is 4.01. The molecule has 0 amide bonds. The molecule has 1 fully saturated rings. The van der Waals surface area contributed by atoms with Gasteiger partial charge in [0.25, 0.3) is 0 Å². The fraction of sp³-hybridized carbons (Fsp3) is 0.300. The molecular weight excluding hydrogens is 316 g/mol. The first-order valence-corrected chi connectivity index (χ1v) is 8.49. The van der Waals surface area contributed by atoms with Gasteiger partial charge in [0.05, 0.1) is 11.3 Å². The number of pyridine rings is 1. The molecule has 0 bridgehead atoms. The van der Waals surface area contributed by atoms with Crippen molar-refractivity contribution in [3.05, 3.63) is 64.5 Å². The molecule has 0 radical (unpaired) electrons. The standard InChI is InChI=1S/C20H20N2O3/c1-22-9-6-13(7-10-22)18-16-11-14(20(23)24)4-5-17(16)25-12-15-3-2-8-21-19(15)18/h2-5,8,11H,6-7,9-10,12H2,1H3,(H,23,24). The molecule has 0 atom stereocenters. The van der Waals surface area contributed by atoms with Gasteiger partial charge in [-0.05, 0) is 44.2 Å². The van der Waals surface area contributed by atoms with Crippen LogP contribution < -0.4 is 4.74 Å². The Morgan fingerprint density at radius 2 is 2.04 bits per heavy atom. The van der Waals surface area contributed by atoms with E-state index in [1.165, 1.54) is 5.57 Å². The number of carbonyl (C=O) groups is 1.